The van der Waals surface area contributed by atoms with Crippen LogP contribution in [0.1, 0.15) is 51.6 Å². The van der Waals surface area contributed by atoms with Crippen LogP contribution in [0.25, 0.3) is 0 Å². The third-order valence-corrected chi connectivity index (χ3v) is 4.13. The quantitative estimate of drug-likeness (QED) is 0.868. The van der Waals surface area contributed by atoms with Crippen molar-refractivity contribution in [3.63, 3.8) is 0 Å². The van der Waals surface area contributed by atoms with Gasteiger partial charge in [-0.25, -0.2) is 4.98 Å². The second-order valence-electron chi connectivity index (χ2n) is 6.11. The van der Waals surface area contributed by atoms with Crippen LogP contribution in [0.5, 0.6) is 0 Å². The van der Waals surface area contributed by atoms with E-state index in [1.54, 1.807) is 0 Å². The molecule has 2 rings (SSSR count). The minimum absolute atomic E-state index is 0.351. The van der Waals surface area contributed by atoms with E-state index in [2.05, 4.69) is 41.2 Å². The van der Waals surface area contributed by atoms with Crippen molar-refractivity contribution in [1.29, 1.82) is 0 Å². The molecule has 4 nitrogen and oxygen atoms in total. The summed E-state index contributed by atoms with van der Waals surface area (Å²) in [4.78, 5) is 6.76. The standard InChI is InChI=1S/C16H27N3O/c1-4-8-17-13(2)14-5-9-18-15(12-14)19-10-6-16(3,20)7-11-19/h5,9,12-13,17,20H,4,6-8,10-11H2,1-3H3. The Morgan fingerprint density at radius 1 is 1.45 bits per heavy atom. The maximum absolute atomic E-state index is 10.0. The third kappa shape index (κ3) is 3.93. The van der Waals surface area contributed by atoms with Crippen molar-refractivity contribution in [2.24, 2.45) is 0 Å². The molecule has 20 heavy (non-hydrogen) atoms. The molecule has 2 heterocycles. The van der Waals surface area contributed by atoms with Crippen LogP contribution in [0, 0.1) is 0 Å². The number of piperidine rings is 1. The molecule has 0 aliphatic carbocycles. The summed E-state index contributed by atoms with van der Waals surface area (Å²) >= 11 is 0. The second-order valence-corrected chi connectivity index (χ2v) is 6.11. The van der Waals surface area contributed by atoms with Gasteiger partial charge in [0.05, 0.1) is 5.60 Å². The molecule has 0 saturated carbocycles. The van der Waals surface area contributed by atoms with E-state index in [-0.39, 0.29) is 0 Å². The lowest BCUT2D eigenvalue weighted by Gasteiger charge is -2.36. The van der Waals surface area contributed by atoms with Crippen LogP contribution in [0.3, 0.4) is 0 Å². The molecule has 0 spiro atoms. The van der Waals surface area contributed by atoms with Gasteiger partial charge in [0.2, 0.25) is 0 Å². The van der Waals surface area contributed by atoms with Crippen molar-refractivity contribution < 1.29 is 5.11 Å². The van der Waals surface area contributed by atoms with Crippen LogP contribution >= 0.6 is 0 Å². The molecule has 1 unspecified atom stereocenters. The highest BCUT2D eigenvalue weighted by Crippen LogP contribution is 2.26. The first-order chi connectivity index (χ1) is 9.52. The van der Waals surface area contributed by atoms with Gasteiger partial charge in [-0.1, -0.05) is 6.92 Å². The van der Waals surface area contributed by atoms with Gasteiger partial charge in [-0.15, -0.1) is 0 Å². The van der Waals surface area contributed by atoms with E-state index in [4.69, 9.17) is 0 Å². The average Bonchev–Trinajstić information content (AvgIpc) is 2.45. The number of nitrogens with one attached hydrogen (secondary N) is 1. The minimum Gasteiger partial charge on any atom is -0.390 e. The molecule has 4 heteroatoms. The zero-order chi connectivity index (χ0) is 14.6. The SMILES string of the molecule is CCCNC(C)c1ccnc(N2CCC(C)(O)CC2)c1. The number of rotatable bonds is 5. The van der Waals surface area contributed by atoms with Crippen LogP contribution in [-0.4, -0.2) is 35.3 Å². The number of anilines is 1. The summed E-state index contributed by atoms with van der Waals surface area (Å²) in [5.41, 5.74) is 0.769. The van der Waals surface area contributed by atoms with Gasteiger partial charge in [-0.2, -0.15) is 0 Å². The maximum Gasteiger partial charge on any atom is 0.128 e. The molecule has 2 N–H and O–H groups in total. The van der Waals surface area contributed by atoms with E-state index in [1.807, 2.05) is 13.1 Å². The summed E-state index contributed by atoms with van der Waals surface area (Å²) in [7, 11) is 0. The van der Waals surface area contributed by atoms with Crippen LogP contribution < -0.4 is 10.2 Å². The molecule has 112 valence electrons. The number of hydrogen-bond acceptors (Lipinski definition) is 4. The Hall–Kier alpha value is -1.13. The predicted octanol–water partition coefficient (Wildman–Crippen LogP) is 2.49. The zero-order valence-corrected chi connectivity index (χ0v) is 12.9. The van der Waals surface area contributed by atoms with Crippen LogP contribution in [-0.2, 0) is 0 Å². The molecule has 1 aliphatic heterocycles. The molecule has 1 aromatic heterocycles. The van der Waals surface area contributed by atoms with E-state index in [9.17, 15) is 5.11 Å². The van der Waals surface area contributed by atoms with Crippen molar-refractivity contribution in [2.45, 2.75) is 51.7 Å². The minimum atomic E-state index is -0.510. The Labute approximate surface area is 122 Å². The Balaban J connectivity index is 2.02. The molecule has 0 bridgehead atoms. The van der Waals surface area contributed by atoms with Crippen molar-refractivity contribution in [3.05, 3.63) is 23.9 Å². The highest BCUT2D eigenvalue weighted by molar-refractivity contribution is 5.42. The largest absolute Gasteiger partial charge is 0.390 e. The number of aliphatic hydroxyl groups is 1. The molecule has 0 aromatic carbocycles. The summed E-state index contributed by atoms with van der Waals surface area (Å²) in [6, 6.07) is 4.61. The summed E-state index contributed by atoms with van der Waals surface area (Å²) in [6.45, 7) is 9.07. The van der Waals surface area contributed by atoms with Crippen LogP contribution in [0.2, 0.25) is 0 Å². The number of aromatic nitrogens is 1. The highest BCUT2D eigenvalue weighted by atomic mass is 16.3. The van der Waals surface area contributed by atoms with Crippen molar-refractivity contribution in [2.75, 3.05) is 24.5 Å². The third-order valence-electron chi connectivity index (χ3n) is 4.13. The zero-order valence-electron chi connectivity index (χ0n) is 12.9. The van der Waals surface area contributed by atoms with Crippen molar-refractivity contribution >= 4 is 5.82 Å². The summed E-state index contributed by atoms with van der Waals surface area (Å²) in [5, 5.41) is 13.5. The molecule has 1 aliphatic rings. The van der Waals surface area contributed by atoms with E-state index < -0.39 is 5.60 Å². The Morgan fingerprint density at radius 2 is 2.15 bits per heavy atom. The first-order valence-electron chi connectivity index (χ1n) is 7.68. The van der Waals surface area contributed by atoms with Gasteiger partial charge in [0.25, 0.3) is 0 Å². The second kappa shape index (κ2) is 6.55. The number of nitrogens with zero attached hydrogens (tertiary/aromatic N) is 2. The molecule has 1 fully saturated rings. The summed E-state index contributed by atoms with van der Waals surface area (Å²) in [5.74, 6) is 1.03. The van der Waals surface area contributed by atoms with Gasteiger partial charge in [-0.05, 0) is 57.4 Å². The van der Waals surface area contributed by atoms with Gasteiger partial charge < -0.3 is 15.3 Å². The number of pyridine rings is 1. The fourth-order valence-corrected chi connectivity index (χ4v) is 2.57. The molecule has 0 radical (unpaired) electrons. The normalized spacial score (nSPS) is 19.9. The smallest absolute Gasteiger partial charge is 0.128 e. The van der Waals surface area contributed by atoms with Crippen LogP contribution in [0.4, 0.5) is 5.82 Å². The molecule has 0 amide bonds. The van der Waals surface area contributed by atoms with E-state index in [0.29, 0.717) is 6.04 Å². The first kappa shape index (κ1) is 15.3. The molecular formula is C16H27N3O. The lowest BCUT2D eigenvalue weighted by atomic mass is 9.94. The fourth-order valence-electron chi connectivity index (χ4n) is 2.57. The Morgan fingerprint density at radius 3 is 2.80 bits per heavy atom. The average molecular weight is 277 g/mol. The highest BCUT2D eigenvalue weighted by Gasteiger charge is 2.27. The van der Waals surface area contributed by atoms with Gasteiger partial charge in [0.15, 0.2) is 0 Å². The summed E-state index contributed by atoms with van der Waals surface area (Å²) < 4.78 is 0. The lowest BCUT2D eigenvalue weighted by Crippen LogP contribution is -2.42. The topological polar surface area (TPSA) is 48.4 Å². The fraction of sp³-hybridized carbons (Fsp3) is 0.688. The number of hydrogen-bond donors (Lipinski definition) is 2. The maximum atomic E-state index is 10.0. The molecular weight excluding hydrogens is 250 g/mol. The van der Waals surface area contributed by atoms with Gasteiger partial charge >= 0.3 is 0 Å². The van der Waals surface area contributed by atoms with Crippen LogP contribution in [0.15, 0.2) is 18.3 Å². The molecule has 1 saturated heterocycles. The summed E-state index contributed by atoms with van der Waals surface area (Å²) in [6.07, 6.45) is 4.65. The van der Waals surface area contributed by atoms with Crippen molar-refractivity contribution in [3.8, 4) is 0 Å². The Bertz CT molecular complexity index is 423. The Kier molecular flexibility index (Phi) is 5.00. The van der Waals surface area contributed by atoms with E-state index >= 15 is 0 Å². The lowest BCUT2D eigenvalue weighted by molar-refractivity contribution is 0.0350. The van der Waals surface area contributed by atoms with E-state index in [0.717, 1.165) is 44.7 Å². The monoisotopic (exact) mass is 277 g/mol. The molecule has 1 atom stereocenters. The van der Waals surface area contributed by atoms with E-state index in [1.165, 1.54) is 5.56 Å². The van der Waals surface area contributed by atoms with Gasteiger partial charge in [0.1, 0.15) is 5.82 Å². The predicted molar refractivity (Wildman–Crippen MR) is 83.0 cm³/mol. The van der Waals surface area contributed by atoms with Gasteiger partial charge in [-0.3, -0.25) is 0 Å². The molecule has 1 aromatic rings. The first-order valence-corrected chi connectivity index (χ1v) is 7.68. The van der Waals surface area contributed by atoms with Gasteiger partial charge in [0, 0.05) is 25.3 Å². The van der Waals surface area contributed by atoms with Crippen molar-refractivity contribution in [1.82, 2.24) is 10.3 Å².